The molecule has 0 aliphatic carbocycles. The third kappa shape index (κ3) is 2.55. The van der Waals surface area contributed by atoms with Gasteiger partial charge >= 0.3 is 0 Å². The molecule has 1 fully saturated rings. The van der Waals surface area contributed by atoms with Gasteiger partial charge < -0.3 is 15.4 Å². The van der Waals surface area contributed by atoms with Crippen LogP contribution < -0.4 is 10.6 Å². The van der Waals surface area contributed by atoms with E-state index in [1.165, 1.54) is 0 Å². The Bertz CT molecular complexity index is 392. The topological polar surface area (TPSA) is 51.4 Å². The standard InChI is InChI=1S/C12H18BrN3O/c1-12(17-2)4-3-5-16(8-12)11-9(13)6-15-7-10(11)14/h6-7H,3-5,8,14H2,1-2H3. The second kappa shape index (κ2) is 4.82. The zero-order valence-electron chi connectivity index (χ0n) is 10.2. The third-order valence-corrected chi connectivity index (χ3v) is 3.95. The number of nitrogen functional groups attached to an aromatic ring is 1. The maximum Gasteiger partial charge on any atom is 0.0825 e. The van der Waals surface area contributed by atoms with Crippen molar-refractivity contribution in [3.63, 3.8) is 0 Å². The summed E-state index contributed by atoms with van der Waals surface area (Å²) in [6.45, 7) is 4.01. The van der Waals surface area contributed by atoms with Crippen LogP contribution in [0.1, 0.15) is 19.8 Å². The van der Waals surface area contributed by atoms with Crippen LogP contribution in [0.3, 0.4) is 0 Å². The van der Waals surface area contributed by atoms with E-state index in [9.17, 15) is 0 Å². The van der Waals surface area contributed by atoms with Gasteiger partial charge in [-0.3, -0.25) is 4.98 Å². The molecule has 2 heterocycles. The second-order valence-corrected chi connectivity index (χ2v) is 5.59. The molecule has 2 rings (SSSR count). The number of halogens is 1. The normalized spacial score (nSPS) is 25.0. The number of rotatable bonds is 2. The molecular weight excluding hydrogens is 282 g/mol. The fourth-order valence-electron chi connectivity index (χ4n) is 2.34. The van der Waals surface area contributed by atoms with E-state index in [1.807, 2.05) is 0 Å². The highest BCUT2D eigenvalue weighted by Crippen LogP contribution is 2.35. The molecule has 0 amide bonds. The van der Waals surface area contributed by atoms with Crippen LogP contribution in [0, 0.1) is 0 Å². The van der Waals surface area contributed by atoms with E-state index in [0.717, 1.165) is 36.1 Å². The van der Waals surface area contributed by atoms with Gasteiger partial charge in [0, 0.05) is 26.4 Å². The summed E-state index contributed by atoms with van der Waals surface area (Å²) in [5, 5.41) is 0. The van der Waals surface area contributed by atoms with Gasteiger partial charge in [-0.25, -0.2) is 0 Å². The molecule has 1 saturated heterocycles. The van der Waals surface area contributed by atoms with Crippen LogP contribution in [-0.2, 0) is 4.74 Å². The first-order valence-corrected chi connectivity index (χ1v) is 6.54. The van der Waals surface area contributed by atoms with E-state index in [1.54, 1.807) is 19.5 Å². The molecule has 1 aliphatic heterocycles. The lowest BCUT2D eigenvalue weighted by molar-refractivity contribution is -0.00465. The molecule has 1 atom stereocenters. The first kappa shape index (κ1) is 12.6. The van der Waals surface area contributed by atoms with Crippen LogP contribution in [0.15, 0.2) is 16.9 Å². The van der Waals surface area contributed by atoms with Gasteiger partial charge in [0.25, 0.3) is 0 Å². The van der Waals surface area contributed by atoms with Crippen LogP contribution in [0.4, 0.5) is 11.4 Å². The maximum atomic E-state index is 6.01. The highest BCUT2D eigenvalue weighted by molar-refractivity contribution is 9.10. The van der Waals surface area contributed by atoms with Crippen molar-refractivity contribution in [3.05, 3.63) is 16.9 Å². The molecule has 0 saturated carbocycles. The number of aromatic nitrogens is 1. The lowest BCUT2D eigenvalue weighted by Gasteiger charge is -2.41. The van der Waals surface area contributed by atoms with Gasteiger partial charge in [-0.05, 0) is 35.7 Å². The highest BCUT2D eigenvalue weighted by Gasteiger charge is 2.32. The van der Waals surface area contributed by atoms with E-state index in [4.69, 9.17) is 10.5 Å². The van der Waals surface area contributed by atoms with Gasteiger partial charge in [0.05, 0.1) is 27.6 Å². The average molecular weight is 300 g/mol. The summed E-state index contributed by atoms with van der Waals surface area (Å²) in [4.78, 5) is 6.34. The Morgan fingerprint density at radius 1 is 1.53 bits per heavy atom. The molecule has 17 heavy (non-hydrogen) atoms. The summed E-state index contributed by atoms with van der Waals surface area (Å²) in [5.41, 5.74) is 7.66. The van der Waals surface area contributed by atoms with E-state index in [0.29, 0.717) is 5.69 Å². The number of piperidine rings is 1. The molecule has 0 radical (unpaired) electrons. The summed E-state index contributed by atoms with van der Waals surface area (Å²) in [6, 6.07) is 0. The fourth-order valence-corrected chi connectivity index (χ4v) is 2.94. The Balaban J connectivity index is 2.28. The predicted molar refractivity (Wildman–Crippen MR) is 73.2 cm³/mol. The zero-order valence-corrected chi connectivity index (χ0v) is 11.8. The van der Waals surface area contributed by atoms with Gasteiger partial charge in [0.2, 0.25) is 0 Å². The Morgan fingerprint density at radius 3 is 2.94 bits per heavy atom. The molecule has 1 aromatic heterocycles. The molecule has 94 valence electrons. The van der Waals surface area contributed by atoms with Crippen molar-refractivity contribution in [1.82, 2.24) is 4.98 Å². The third-order valence-electron chi connectivity index (χ3n) is 3.37. The quantitative estimate of drug-likeness (QED) is 0.911. The van der Waals surface area contributed by atoms with Crippen molar-refractivity contribution in [1.29, 1.82) is 0 Å². The average Bonchev–Trinajstić information content (AvgIpc) is 2.29. The smallest absolute Gasteiger partial charge is 0.0825 e. The molecule has 0 bridgehead atoms. The minimum Gasteiger partial charge on any atom is -0.396 e. The largest absolute Gasteiger partial charge is 0.396 e. The van der Waals surface area contributed by atoms with E-state index in [-0.39, 0.29) is 5.60 Å². The van der Waals surface area contributed by atoms with Crippen LogP contribution in [0.2, 0.25) is 0 Å². The predicted octanol–water partition coefficient (Wildman–Crippen LogP) is 2.43. The molecule has 1 aromatic rings. The van der Waals surface area contributed by atoms with Crippen LogP contribution in [0.25, 0.3) is 0 Å². The molecule has 2 N–H and O–H groups in total. The minimum absolute atomic E-state index is 0.0899. The van der Waals surface area contributed by atoms with Crippen molar-refractivity contribution < 1.29 is 4.74 Å². The van der Waals surface area contributed by atoms with Gasteiger partial charge in [0.15, 0.2) is 0 Å². The Labute approximate surface area is 110 Å². The Kier molecular flexibility index (Phi) is 3.58. The van der Waals surface area contributed by atoms with Crippen molar-refractivity contribution >= 4 is 27.3 Å². The van der Waals surface area contributed by atoms with E-state index < -0.39 is 0 Å². The van der Waals surface area contributed by atoms with E-state index >= 15 is 0 Å². The molecule has 0 spiro atoms. The number of ether oxygens (including phenoxy) is 1. The SMILES string of the molecule is COC1(C)CCCN(c2c(N)cncc2Br)C1. The zero-order chi connectivity index (χ0) is 12.5. The molecular formula is C12H18BrN3O. The maximum absolute atomic E-state index is 6.01. The molecule has 1 aliphatic rings. The lowest BCUT2D eigenvalue weighted by Crippen LogP contribution is -2.47. The second-order valence-electron chi connectivity index (χ2n) is 4.74. The summed E-state index contributed by atoms with van der Waals surface area (Å²) < 4.78 is 6.54. The van der Waals surface area contributed by atoms with Gasteiger partial charge in [0.1, 0.15) is 0 Å². The van der Waals surface area contributed by atoms with Crippen LogP contribution >= 0.6 is 15.9 Å². The molecule has 0 aromatic carbocycles. The summed E-state index contributed by atoms with van der Waals surface area (Å²) >= 11 is 3.52. The monoisotopic (exact) mass is 299 g/mol. The van der Waals surface area contributed by atoms with Crippen molar-refractivity contribution in [2.75, 3.05) is 30.8 Å². The minimum atomic E-state index is -0.0899. The molecule has 4 nitrogen and oxygen atoms in total. The number of hydrogen-bond acceptors (Lipinski definition) is 4. The number of pyridine rings is 1. The van der Waals surface area contributed by atoms with Gasteiger partial charge in [-0.2, -0.15) is 0 Å². The summed E-state index contributed by atoms with van der Waals surface area (Å²) in [7, 11) is 1.77. The number of nitrogens with zero attached hydrogens (tertiary/aromatic N) is 2. The van der Waals surface area contributed by atoms with Crippen molar-refractivity contribution in [3.8, 4) is 0 Å². The lowest BCUT2D eigenvalue weighted by atomic mass is 9.94. The Morgan fingerprint density at radius 2 is 2.29 bits per heavy atom. The molecule has 1 unspecified atom stereocenters. The fraction of sp³-hybridized carbons (Fsp3) is 0.583. The Hall–Kier alpha value is -0.810. The van der Waals surface area contributed by atoms with E-state index in [2.05, 4.69) is 32.7 Å². The number of anilines is 2. The van der Waals surface area contributed by atoms with Crippen molar-refractivity contribution in [2.45, 2.75) is 25.4 Å². The van der Waals surface area contributed by atoms with Crippen molar-refractivity contribution in [2.24, 2.45) is 0 Å². The first-order valence-electron chi connectivity index (χ1n) is 5.75. The molecule has 5 heteroatoms. The highest BCUT2D eigenvalue weighted by atomic mass is 79.9. The number of methoxy groups -OCH3 is 1. The number of nitrogens with two attached hydrogens (primary N) is 1. The summed E-state index contributed by atoms with van der Waals surface area (Å²) in [6.07, 6.45) is 5.67. The van der Waals surface area contributed by atoms with Gasteiger partial charge in [-0.15, -0.1) is 0 Å². The summed E-state index contributed by atoms with van der Waals surface area (Å²) in [5.74, 6) is 0. The van der Waals surface area contributed by atoms with Gasteiger partial charge in [-0.1, -0.05) is 0 Å². The first-order chi connectivity index (χ1) is 8.06. The van der Waals surface area contributed by atoms with Crippen LogP contribution in [0.5, 0.6) is 0 Å². The number of hydrogen-bond donors (Lipinski definition) is 1. The van der Waals surface area contributed by atoms with Crippen LogP contribution in [-0.4, -0.2) is 30.8 Å².